The third-order valence-electron chi connectivity index (χ3n) is 2.74. The van der Waals surface area contributed by atoms with Gasteiger partial charge in [-0.2, -0.15) is 13.2 Å². The molecule has 0 amide bonds. The van der Waals surface area contributed by atoms with E-state index in [1.54, 1.807) is 0 Å². The highest BCUT2D eigenvalue weighted by atomic mass is 19.4. The van der Waals surface area contributed by atoms with Gasteiger partial charge < -0.3 is 14.8 Å². The number of aromatic nitrogens is 1. The van der Waals surface area contributed by atoms with E-state index in [2.05, 4.69) is 4.98 Å². The molecule has 0 aliphatic carbocycles. The van der Waals surface area contributed by atoms with Crippen molar-refractivity contribution in [2.45, 2.75) is 18.6 Å². The van der Waals surface area contributed by atoms with Crippen molar-refractivity contribution in [3.05, 3.63) is 24.6 Å². The highest BCUT2D eigenvalue weighted by Gasteiger charge is 2.58. The SMILES string of the molecule is CC(Nc1nccc2occc12)(C(=O)O)C(F)(F)F. The van der Waals surface area contributed by atoms with Crippen LogP contribution in [0.2, 0.25) is 0 Å². The largest absolute Gasteiger partial charge is 0.479 e. The number of nitrogens with one attached hydrogen (secondary N) is 1. The van der Waals surface area contributed by atoms with Crippen LogP contribution in [0.1, 0.15) is 6.92 Å². The molecule has 0 spiro atoms. The molecule has 8 heteroatoms. The summed E-state index contributed by atoms with van der Waals surface area (Å²) < 4.78 is 43.6. The van der Waals surface area contributed by atoms with Crippen LogP contribution in [0.4, 0.5) is 19.0 Å². The van der Waals surface area contributed by atoms with E-state index < -0.39 is 17.7 Å². The third-order valence-corrected chi connectivity index (χ3v) is 2.74. The monoisotopic (exact) mass is 274 g/mol. The van der Waals surface area contributed by atoms with Gasteiger partial charge in [-0.15, -0.1) is 0 Å². The number of carboxylic acid groups (broad SMARTS) is 1. The average molecular weight is 274 g/mol. The van der Waals surface area contributed by atoms with Crippen LogP contribution in [-0.4, -0.2) is 27.8 Å². The Balaban J connectivity index is 2.48. The molecule has 2 aromatic rings. The van der Waals surface area contributed by atoms with E-state index in [1.165, 1.54) is 24.6 Å². The highest BCUT2D eigenvalue weighted by Crippen LogP contribution is 2.35. The van der Waals surface area contributed by atoms with Crippen LogP contribution >= 0.6 is 0 Å². The van der Waals surface area contributed by atoms with Gasteiger partial charge in [-0.05, 0) is 19.1 Å². The van der Waals surface area contributed by atoms with Gasteiger partial charge in [0.05, 0.1) is 11.6 Å². The minimum absolute atomic E-state index is 0.200. The summed E-state index contributed by atoms with van der Waals surface area (Å²) in [7, 11) is 0. The van der Waals surface area contributed by atoms with Crippen molar-refractivity contribution in [2.24, 2.45) is 0 Å². The van der Waals surface area contributed by atoms with E-state index in [-0.39, 0.29) is 11.2 Å². The molecule has 5 nitrogen and oxygen atoms in total. The minimum atomic E-state index is -4.98. The van der Waals surface area contributed by atoms with Crippen LogP contribution in [-0.2, 0) is 4.79 Å². The molecule has 19 heavy (non-hydrogen) atoms. The van der Waals surface area contributed by atoms with E-state index >= 15 is 0 Å². The maximum atomic E-state index is 12.9. The average Bonchev–Trinajstić information content (AvgIpc) is 2.76. The summed E-state index contributed by atoms with van der Waals surface area (Å²) >= 11 is 0. The predicted octanol–water partition coefficient (Wildman–Crippen LogP) is 2.65. The first-order chi connectivity index (χ1) is 8.75. The number of carbonyl (C=O) groups is 1. The minimum Gasteiger partial charge on any atom is -0.479 e. The standard InChI is InChI=1S/C11H9F3N2O3/c1-10(9(17)18,11(12,13)14)16-8-6-3-5-19-7(6)2-4-15-8/h2-5H,1H3,(H,15,16)(H,17,18). The lowest BCUT2D eigenvalue weighted by Gasteiger charge is -2.29. The molecule has 1 unspecified atom stereocenters. The van der Waals surface area contributed by atoms with Crippen LogP contribution in [0, 0.1) is 0 Å². The quantitative estimate of drug-likeness (QED) is 0.899. The summed E-state index contributed by atoms with van der Waals surface area (Å²) in [6, 6.07) is 2.87. The smallest absolute Gasteiger partial charge is 0.422 e. The van der Waals surface area contributed by atoms with Gasteiger partial charge >= 0.3 is 12.1 Å². The second kappa shape index (κ2) is 4.15. The zero-order valence-electron chi connectivity index (χ0n) is 9.65. The number of fused-ring (bicyclic) bond motifs is 1. The Bertz CT molecular complexity index is 623. The summed E-state index contributed by atoms with van der Waals surface area (Å²) in [6.45, 7) is 0.538. The van der Waals surface area contributed by atoms with E-state index in [0.29, 0.717) is 12.5 Å². The molecule has 0 aliphatic rings. The van der Waals surface area contributed by atoms with Gasteiger partial charge in [0.2, 0.25) is 5.54 Å². The highest BCUT2D eigenvalue weighted by molar-refractivity contribution is 5.91. The van der Waals surface area contributed by atoms with Gasteiger partial charge in [-0.1, -0.05) is 0 Å². The lowest BCUT2D eigenvalue weighted by Crippen LogP contribution is -2.55. The molecule has 1 atom stereocenters. The van der Waals surface area contributed by atoms with Crippen molar-refractivity contribution >= 4 is 22.8 Å². The lowest BCUT2D eigenvalue weighted by atomic mass is 10.0. The number of halogens is 3. The van der Waals surface area contributed by atoms with Gasteiger partial charge in [0.15, 0.2) is 0 Å². The van der Waals surface area contributed by atoms with Gasteiger partial charge in [0, 0.05) is 6.20 Å². The fourth-order valence-corrected chi connectivity index (χ4v) is 1.48. The van der Waals surface area contributed by atoms with Crippen molar-refractivity contribution in [3.63, 3.8) is 0 Å². The third kappa shape index (κ3) is 2.09. The Morgan fingerprint density at radius 1 is 1.42 bits per heavy atom. The number of aliphatic carboxylic acids is 1. The summed E-state index contributed by atoms with van der Waals surface area (Å²) in [5, 5.41) is 11.0. The molecule has 0 aromatic carbocycles. The van der Waals surface area contributed by atoms with Crippen molar-refractivity contribution < 1.29 is 27.5 Å². The molecular formula is C11H9F3N2O3. The van der Waals surface area contributed by atoms with Crippen LogP contribution in [0.15, 0.2) is 29.0 Å². The Hall–Kier alpha value is -2.25. The van der Waals surface area contributed by atoms with E-state index in [1.807, 2.05) is 5.32 Å². The fourth-order valence-electron chi connectivity index (χ4n) is 1.48. The number of nitrogens with zero attached hydrogens (tertiary/aromatic N) is 1. The summed E-state index contributed by atoms with van der Waals surface area (Å²) in [5.74, 6) is -2.24. The lowest BCUT2D eigenvalue weighted by molar-refractivity contribution is -0.192. The Labute approximate surface area is 105 Å². The molecule has 2 N–H and O–H groups in total. The van der Waals surface area contributed by atoms with Gasteiger partial charge in [0.25, 0.3) is 0 Å². The maximum Gasteiger partial charge on any atom is 0.422 e. The van der Waals surface area contributed by atoms with Crippen molar-refractivity contribution in [1.29, 1.82) is 0 Å². The molecule has 0 bridgehead atoms. The van der Waals surface area contributed by atoms with E-state index in [4.69, 9.17) is 9.52 Å². The molecule has 2 rings (SSSR count). The normalized spacial score (nSPS) is 15.2. The number of anilines is 1. The topological polar surface area (TPSA) is 75.4 Å². The summed E-state index contributed by atoms with van der Waals surface area (Å²) in [4.78, 5) is 14.6. The van der Waals surface area contributed by atoms with Crippen LogP contribution in [0.3, 0.4) is 0 Å². The molecule has 2 aromatic heterocycles. The number of pyridine rings is 1. The number of hydrogen-bond donors (Lipinski definition) is 2. The van der Waals surface area contributed by atoms with Crippen molar-refractivity contribution in [3.8, 4) is 0 Å². The van der Waals surface area contributed by atoms with E-state index in [9.17, 15) is 18.0 Å². The molecule has 102 valence electrons. The van der Waals surface area contributed by atoms with Gasteiger partial charge in [-0.25, -0.2) is 9.78 Å². The second-order valence-corrected chi connectivity index (χ2v) is 4.04. The first-order valence-corrected chi connectivity index (χ1v) is 5.16. The van der Waals surface area contributed by atoms with Crippen molar-refractivity contribution in [2.75, 3.05) is 5.32 Å². The van der Waals surface area contributed by atoms with E-state index in [0.717, 1.165) is 0 Å². The zero-order chi connectivity index (χ0) is 14.3. The molecule has 0 radical (unpaired) electrons. The van der Waals surface area contributed by atoms with Crippen LogP contribution in [0.5, 0.6) is 0 Å². The van der Waals surface area contributed by atoms with Crippen LogP contribution in [0.25, 0.3) is 11.0 Å². The molecular weight excluding hydrogens is 265 g/mol. The van der Waals surface area contributed by atoms with Crippen LogP contribution < -0.4 is 5.32 Å². The fraction of sp³-hybridized carbons (Fsp3) is 0.273. The molecule has 0 saturated carbocycles. The first-order valence-electron chi connectivity index (χ1n) is 5.16. The molecule has 0 aliphatic heterocycles. The van der Waals surface area contributed by atoms with Crippen molar-refractivity contribution in [1.82, 2.24) is 4.98 Å². The van der Waals surface area contributed by atoms with Gasteiger partial charge in [0.1, 0.15) is 11.4 Å². The Kier molecular flexibility index (Phi) is 2.88. The Morgan fingerprint density at radius 3 is 2.68 bits per heavy atom. The number of rotatable bonds is 3. The number of hydrogen-bond acceptors (Lipinski definition) is 4. The maximum absolute atomic E-state index is 12.9. The van der Waals surface area contributed by atoms with Gasteiger partial charge in [-0.3, -0.25) is 0 Å². The Morgan fingerprint density at radius 2 is 2.11 bits per heavy atom. The molecule has 0 saturated heterocycles. The number of carboxylic acids is 1. The summed E-state index contributed by atoms with van der Waals surface area (Å²) in [6.07, 6.45) is -2.47. The first kappa shape index (κ1) is 13.2. The molecule has 2 heterocycles. The number of alkyl halides is 3. The summed E-state index contributed by atoms with van der Waals surface area (Å²) in [5.41, 5.74) is -2.82. The number of furan rings is 1. The predicted molar refractivity (Wildman–Crippen MR) is 59.7 cm³/mol. The zero-order valence-corrected chi connectivity index (χ0v) is 9.65. The second-order valence-electron chi connectivity index (χ2n) is 4.04. The molecule has 0 fully saturated rings.